The smallest absolute Gasteiger partial charge is 0.123 e. The second-order valence-electron chi connectivity index (χ2n) is 5.96. The average molecular weight is 359 g/mol. The summed E-state index contributed by atoms with van der Waals surface area (Å²) in [5, 5.41) is 0. The number of hydrogen-bond acceptors (Lipinski definition) is 2. The highest BCUT2D eigenvalue weighted by atomic mass is 32.2. The molecule has 0 heterocycles. The molecule has 0 saturated carbocycles. The lowest BCUT2D eigenvalue weighted by Crippen LogP contribution is -2.25. The van der Waals surface area contributed by atoms with Crippen molar-refractivity contribution in [2.45, 2.75) is 11.2 Å². The van der Waals surface area contributed by atoms with E-state index < -0.39 is 0 Å². The van der Waals surface area contributed by atoms with Crippen LogP contribution in [0, 0.1) is 0 Å². The minimum absolute atomic E-state index is 0.296. The van der Waals surface area contributed by atoms with E-state index in [0.29, 0.717) is 6.42 Å². The van der Waals surface area contributed by atoms with E-state index in [2.05, 4.69) is 97.1 Å². The average Bonchev–Trinajstić information content (AvgIpc) is 2.73. The number of aldehydes is 1. The van der Waals surface area contributed by atoms with Crippen LogP contribution in [-0.2, 0) is 9.54 Å². The molecule has 3 rings (SSSR count). The zero-order valence-electron chi connectivity index (χ0n) is 14.6. The quantitative estimate of drug-likeness (QED) is 0.285. The third-order valence-corrected chi connectivity index (χ3v) is 5.84. The van der Waals surface area contributed by atoms with Crippen LogP contribution >= 0.6 is 11.8 Å². The SMILES string of the molecule is O=CC/C=C/CSC(c1ccccc1)(c1ccccc1)c1ccccc1. The molecule has 0 aromatic heterocycles. The predicted octanol–water partition coefficient (Wildman–Crippen LogP) is 5.86. The lowest BCUT2D eigenvalue weighted by Gasteiger charge is -2.35. The van der Waals surface area contributed by atoms with Crippen LogP contribution in [-0.4, -0.2) is 12.0 Å². The van der Waals surface area contributed by atoms with E-state index in [1.165, 1.54) is 16.7 Å². The summed E-state index contributed by atoms with van der Waals surface area (Å²) >= 11 is 1.88. The van der Waals surface area contributed by atoms with Crippen LogP contribution in [0.5, 0.6) is 0 Å². The van der Waals surface area contributed by atoms with Crippen molar-refractivity contribution in [1.29, 1.82) is 0 Å². The van der Waals surface area contributed by atoms with Gasteiger partial charge in [0.1, 0.15) is 6.29 Å². The van der Waals surface area contributed by atoms with Crippen LogP contribution in [0.25, 0.3) is 0 Å². The van der Waals surface area contributed by atoms with Gasteiger partial charge in [0.15, 0.2) is 0 Å². The summed E-state index contributed by atoms with van der Waals surface area (Å²) in [7, 11) is 0. The maximum atomic E-state index is 10.6. The Kier molecular flexibility index (Phi) is 6.45. The van der Waals surface area contributed by atoms with E-state index in [1.807, 2.05) is 17.8 Å². The van der Waals surface area contributed by atoms with Crippen LogP contribution < -0.4 is 0 Å². The first-order valence-corrected chi connectivity index (χ1v) is 9.75. The van der Waals surface area contributed by atoms with E-state index in [4.69, 9.17) is 0 Å². The summed E-state index contributed by atoms with van der Waals surface area (Å²) in [4.78, 5) is 10.6. The maximum Gasteiger partial charge on any atom is 0.123 e. The Balaban J connectivity index is 2.13. The van der Waals surface area contributed by atoms with Crippen molar-refractivity contribution < 1.29 is 4.79 Å². The number of allylic oxidation sites excluding steroid dienone is 1. The normalized spacial score (nSPS) is 11.5. The van der Waals surface area contributed by atoms with Crippen LogP contribution in [0.15, 0.2) is 103 Å². The molecule has 0 aliphatic heterocycles. The predicted molar refractivity (Wildman–Crippen MR) is 111 cm³/mol. The number of rotatable bonds is 8. The number of hydrogen-bond donors (Lipinski definition) is 0. The van der Waals surface area contributed by atoms with E-state index in [9.17, 15) is 4.79 Å². The van der Waals surface area contributed by atoms with E-state index >= 15 is 0 Å². The highest BCUT2D eigenvalue weighted by Gasteiger charge is 2.36. The summed E-state index contributed by atoms with van der Waals surface area (Å²) in [6, 6.07) is 31.9. The van der Waals surface area contributed by atoms with Crippen LogP contribution in [0.2, 0.25) is 0 Å². The first-order chi connectivity index (χ1) is 12.9. The molecule has 3 aromatic rings. The van der Waals surface area contributed by atoms with Gasteiger partial charge in [0.05, 0.1) is 4.75 Å². The van der Waals surface area contributed by atoms with Gasteiger partial charge in [-0.25, -0.2) is 0 Å². The highest BCUT2D eigenvalue weighted by Crippen LogP contribution is 2.48. The van der Waals surface area contributed by atoms with Gasteiger partial charge < -0.3 is 4.79 Å². The number of carbonyl (C=O) groups excluding carboxylic acids is 1. The first kappa shape index (κ1) is 18.2. The number of thioether (sulfide) groups is 1. The minimum atomic E-state index is -0.296. The molecule has 0 saturated heterocycles. The van der Waals surface area contributed by atoms with Crippen molar-refractivity contribution in [2.24, 2.45) is 0 Å². The van der Waals surface area contributed by atoms with Gasteiger partial charge in [-0.3, -0.25) is 0 Å². The monoisotopic (exact) mass is 358 g/mol. The van der Waals surface area contributed by atoms with Gasteiger partial charge in [0, 0.05) is 12.2 Å². The molecule has 0 bridgehead atoms. The van der Waals surface area contributed by atoms with Gasteiger partial charge in [0.2, 0.25) is 0 Å². The Morgan fingerprint density at radius 2 is 1.08 bits per heavy atom. The largest absolute Gasteiger partial charge is 0.303 e. The third-order valence-electron chi connectivity index (χ3n) is 4.34. The summed E-state index contributed by atoms with van der Waals surface area (Å²) in [5.74, 6) is 0.826. The standard InChI is InChI=1S/C24H22OS/c25-19-11-4-12-20-26-24(21-13-5-1-6-14-21,22-15-7-2-8-16-22)23-17-9-3-10-18-23/h1-10,12-19H,11,20H2/b12-4+. The second kappa shape index (κ2) is 9.21. The highest BCUT2D eigenvalue weighted by molar-refractivity contribution is 8.00. The van der Waals surface area contributed by atoms with Gasteiger partial charge in [-0.2, -0.15) is 0 Å². The van der Waals surface area contributed by atoms with Crippen LogP contribution in [0.3, 0.4) is 0 Å². The van der Waals surface area contributed by atoms with Crippen molar-refractivity contribution in [3.63, 3.8) is 0 Å². The van der Waals surface area contributed by atoms with E-state index in [-0.39, 0.29) is 4.75 Å². The molecule has 0 radical (unpaired) electrons. The Hall–Kier alpha value is -2.58. The summed E-state index contributed by atoms with van der Waals surface area (Å²) in [6.45, 7) is 0. The van der Waals surface area contributed by atoms with Crippen molar-refractivity contribution in [1.82, 2.24) is 0 Å². The Bertz CT molecular complexity index is 729. The molecular formula is C24H22OS. The molecule has 1 nitrogen and oxygen atoms in total. The van der Waals surface area contributed by atoms with Gasteiger partial charge in [-0.1, -0.05) is 103 Å². The minimum Gasteiger partial charge on any atom is -0.303 e. The lowest BCUT2D eigenvalue weighted by atomic mass is 9.84. The zero-order valence-corrected chi connectivity index (χ0v) is 15.4. The Morgan fingerprint density at radius 3 is 1.46 bits per heavy atom. The lowest BCUT2D eigenvalue weighted by molar-refractivity contribution is -0.107. The van der Waals surface area contributed by atoms with Gasteiger partial charge in [-0.05, 0) is 16.7 Å². The fourth-order valence-electron chi connectivity index (χ4n) is 3.16. The fourth-order valence-corrected chi connectivity index (χ4v) is 4.55. The van der Waals surface area contributed by atoms with Gasteiger partial charge in [0.25, 0.3) is 0 Å². The van der Waals surface area contributed by atoms with Crippen molar-refractivity contribution in [2.75, 3.05) is 5.75 Å². The molecule has 3 aromatic carbocycles. The zero-order chi connectivity index (χ0) is 18.1. The molecule has 2 heteroatoms. The topological polar surface area (TPSA) is 17.1 Å². The van der Waals surface area contributed by atoms with Gasteiger partial charge in [-0.15, -0.1) is 11.8 Å². The summed E-state index contributed by atoms with van der Waals surface area (Å²) < 4.78 is -0.296. The third kappa shape index (κ3) is 3.97. The van der Waals surface area contributed by atoms with Crippen LogP contribution in [0.1, 0.15) is 23.1 Å². The second-order valence-corrected chi connectivity index (χ2v) is 7.20. The Labute approximate surface area is 159 Å². The van der Waals surface area contributed by atoms with E-state index in [1.54, 1.807) is 0 Å². The molecule has 0 amide bonds. The molecule has 130 valence electrons. The first-order valence-electron chi connectivity index (χ1n) is 8.77. The molecule has 0 atom stereocenters. The molecular weight excluding hydrogens is 336 g/mol. The maximum absolute atomic E-state index is 10.6. The van der Waals surface area contributed by atoms with Crippen molar-refractivity contribution in [3.8, 4) is 0 Å². The summed E-state index contributed by atoms with van der Waals surface area (Å²) in [5.41, 5.74) is 3.77. The van der Waals surface area contributed by atoms with Crippen molar-refractivity contribution in [3.05, 3.63) is 120 Å². The molecule has 0 N–H and O–H groups in total. The fraction of sp³-hybridized carbons (Fsp3) is 0.125. The van der Waals surface area contributed by atoms with E-state index in [0.717, 1.165) is 12.0 Å². The molecule has 0 spiro atoms. The summed E-state index contributed by atoms with van der Waals surface area (Å²) in [6.07, 6.45) is 5.42. The Morgan fingerprint density at radius 1 is 0.654 bits per heavy atom. The van der Waals surface area contributed by atoms with Crippen LogP contribution in [0.4, 0.5) is 0 Å². The molecule has 0 fully saturated rings. The molecule has 26 heavy (non-hydrogen) atoms. The molecule has 0 aliphatic rings. The number of benzene rings is 3. The number of carbonyl (C=O) groups is 1. The molecule has 0 unspecified atom stereocenters. The van der Waals surface area contributed by atoms with Crippen molar-refractivity contribution >= 4 is 18.0 Å². The molecule has 0 aliphatic carbocycles. The van der Waals surface area contributed by atoms with Gasteiger partial charge >= 0.3 is 0 Å².